The molecular weight excluding hydrogens is 238 g/mol. The van der Waals surface area contributed by atoms with E-state index >= 15 is 0 Å². The van der Waals surface area contributed by atoms with Gasteiger partial charge in [-0.1, -0.05) is 59.0 Å². The first kappa shape index (κ1) is 18.2. The van der Waals surface area contributed by atoms with E-state index < -0.39 is 0 Å². The van der Waals surface area contributed by atoms with Crippen molar-refractivity contribution in [3.63, 3.8) is 0 Å². The van der Waals surface area contributed by atoms with E-state index in [1.165, 1.54) is 44.6 Å². The fourth-order valence-corrected chi connectivity index (χ4v) is 2.17. The Morgan fingerprint density at radius 3 is 2.37 bits per heavy atom. The Labute approximate surface area is 118 Å². The van der Waals surface area contributed by atoms with Crippen molar-refractivity contribution in [2.45, 2.75) is 84.4 Å². The zero-order chi connectivity index (χ0) is 14.5. The van der Waals surface area contributed by atoms with Gasteiger partial charge in [0.1, 0.15) is 0 Å². The van der Waals surface area contributed by atoms with Crippen LogP contribution in [0.1, 0.15) is 72.1 Å². The van der Waals surface area contributed by atoms with Gasteiger partial charge in [0.15, 0.2) is 6.23 Å². The molecule has 0 aliphatic carbocycles. The second-order valence-corrected chi connectivity index (χ2v) is 5.14. The third kappa shape index (κ3) is 10.8. The number of hydrogen-bond donors (Lipinski definition) is 1. The largest absolute Gasteiger partial charge is 0.444 e. The highest BCUT2D eigenvalue weighted by molar-refractivity contribution is 5.81. The summed E-state index contributed by atoms with van der Waals surface area (Å²) in [6, 6.07) is 0.449. The van der Waals surface area contributed by atoms with E-state index in [0.29, 0.717) is 6.04 Å². The molecule has 3 heteroatoms. The lowest BCUT2D eigenvalue weighted by Crippen LogP contribution is -2.39. The van der Waals surface area contributed by atoms with Gasteiger partial charge in [-0.15, -0.1) is 0 Å². The van der Waals surface area contributed by atoms with E-state index in [1.807, 2.05) is 6.92 Å². The molecule has 0 aliphatic heterocycles. The third-order valence-electron chi connectivity index (χ3n) is 3.24. The van der Waals surface area contributed by atoms with Gasteiger partial charge in [-0.25, -0.2) is 4.79 Å². The Morgan fingerprint density at radius 1 is 1.16 bits per heavy atom. The smallest absolute Gasteiger partial charge is 0.331 e. The Balaban J connectivity index is 4.01. The second kappa shape index (κ2) is 12.2. The quantitative estimate of drug-likeness (QED) is 0.250. The summed E-state index contributed by atoms with van der Waals surface area (Å²) in [5.41, 5.74) is 0. The number of carbonyl (C=O) groups is 1. The molecule has 2 unspecified atom stereocenters. The Morgan fingerprint density at radius 2 is 1.79 bits per heavy atom. The van der Waals surface area contributed by atoms with Crippen molar-refractivity contribution < 1.29 is 9.53 Å². The van der Waals surface area contributed by atoms with Gasteiger partial charge in [0.25, 0.3) is 0 Å². The van der Waals surface area contributed by atoms with Crippen LogP contribution in [0.2, 0.25) is 0 Å². The number of esters is 1. The van der Waals surface area contributed by atoms with Crippen LogP contribution in [-0.4, -0.2) is 18.2 Å². The van der Waals surface area contributed by atoms with Gasteiger partial charge in [0.05, 0.1) is 0 Å². The maximum Gasteiger partial charge on any atom is 0.331 e. The minimum atomic E-state index is -0.361. The Hall–Kier alpha value is -0.830. The lowest BCUT2D eigenvalue weighted by molar-refractivity contribution is -0.144. The van der Waals surface area contributed by atoms with E-state index in [-0.39, 0.29) is 12.2 Å². The molecular formula is C16H31NO2. The normalized spacial score (nSPS) is 13.8. The fraction of sp³-hybridized carbons (Fsp3) is 0.812. The summed E-state index contributed by atoms with van der Waals surface area (Å²) in [7, 11) is 0. The predicted molar refractivity (Wildman–Crippen MR) is 81.0 cm³/mol. The minimum absolute atomic E-state index is 0.237. The summed E-state index contributed by atoms with van der Waals surface area (Å²) in [4.78, 5) is 11.1. The minimum Gasteiger partial charge on any atom is -0.444 e. The predicted octanol–water partition coefficient (Wildman–Crippen LogP) is 4.18. The van der Waals surface area contributed by atoms with Crippen LogP contribution in [0.4, 0.5) is 0 Å². The monoisotopic (exact) mass is 269 g/mol. The summed E-state index contributed by atoms with van der Waals surface area (Å²) < 4.78 is 5.17. The van der Waals surface area contributed by atoms with E-state index in [2.05, 4.69) is 25.7 Å². The SMILES string of the molecule is C=CC(=O)OC(C)NC(CCCC)CCCCCC. The van der Waals surface area contributed by atoms with Gasteiger partial charge in [-0.05, 0) is 19.8 Å². The van der Waals surface area contributed by atoms with E-state index in [4.69, 9.17) is 4.74 Å². The topological polar surface area (TPSA) is 38.3 Å². The average molecular weight is 269 g/mol. The average Bonchev–Trinajstić information content (AvgIpc) is 2.40. The van der Waals surface area contributed by atoms with E-state index in [1.54, 1.807) is 0 Å². The van der Waals surface area contributed by atoms with Crippen molar-refractivity contribution in [3.8, 4) is 0 Å². The summed E-state index contributed by atoms with van der Waals surface area (Å²) in [5, 5.41) is 3.40. The first-order valence-electron chi connectivity index (χ1n) is 7.73. The molecule has 112 valence electrons. The molecule has 0 rings (SSSR count). The van der Waals surface area contributed by atoms with Crippen LogP contribution in [0.5, 0.6) is 0 Å². The highest BCUT2D eigenvalue weighted by Crippen LogP contribution is 2.12. The van der Waals surface area contributed by atoms with Crippen molar-refractivity contribution in [2.24, 2.45) is 0 Å². The van der Waals surface area contributed by atoms with Gasteiger partial charge in [0, 0.05) is 12.1 Å². The van der Waals surface area contributed by atoms with Crippen molar-refractivity contribution in [1.82, 2.24) is 5.32 Å². The van der Waals surface area contributed by atoms with Crippen LogP contribution >= 0.6 is 0 Å². The molecule has 0 radical (unpaired) electrons. The van der Waals surface area contributed by atoms with Crippen LogP contribution in [0.15, 0.2) is 12.7 Å². The van der Waals surface area contributed by atoms with Crippen molar-refractivity contribution in [3.05, 3.63) is 12.7 Å². The maximum absolute atomic E-state index is 11.1. The number of nitrogens with one attached hydrogen (secondary N) is 1. The Kier molecular flexibility index (Phi) is 11.7. The van der Waals surface area contributed by atoms with E-state index in [9.17, 15) is 4.79 Å². The van der Waals surface area contributed by atoms with Gasteiger partial charge in [-0.3, -0.25) is 5.32 Å². The van der Waals surface area contributed by atoms with Gasteiger partial charge in [0.2, 0.25) is 0 Å². The molecule has 0 heterocycles. The van der Waals surface area contributed by atoms with Gasteiger partial charge >= 0.3 is 5.97 Å². The summed E-state index contributed by atoms with van der Waals surface area (Å²) in [6.45, 7) is 9.72. The zero-order valence-electron chi connectivity index (χ0n) is 12.9. The molecule has 0 amide bonds. The molecule has 0 spiro atoms. The summed E-state index contributed by atoms with van der Waals surface area (Å²) in [6.07, 6.45) is 10.8. The first-order valence-corrected chi connectivity index (χ1v) is 7.73. The number of rotatable bonds is 12. The molecule has 2 atom stereocenters. The number of carbonyl (C=O) groups excluding carboxylic acids is 1. The lowest BCUT2D eigenvalue weighted by atomic mass is 10.0. The van der Waals surface area contributed by atoms with Crippen LogP contribution in [0, 0.1) is 0 Å². The molecule has 19 heavy (non-hydrogen) atoms. The molecule has 0 aromatic heterocycles. The second-order valence-electron chi connectivity index (χ2n) is 5.14. The first-order chi connectivity index (χ1) is 9.13. The standard InChI is InChI=1S/C16H31NO2/c1-5-8-10-11-13-15(12-9-6-2)17-14(4)19-16(18)7-3/h7,14-15,17H,3,5-6,8-13H2,1-2,4H3. The molecule has 0 saturated heterocycles. The number of unbranched alkanes of at least 4 members (excludes halogenated alkanes) is 4. The molecule has 0 aromatic carbocycles. The molecule has 3 nitrogen and oxygen atoms in total. The van der Waals surface area contributed by atoms with Crippen molar-refractivity contribution in [1.29, 1.82) is 0 Å². The highest BCUT2D eigenvalue weighted by Gasteiger charge is 2.13. The van der Waals surface area contributed by atoms with Crippen molar-refractivity contribution in [2.75, 3.05) is 0 Å². The number of ether oxygens (including phenoxy) is 1. The number of hydrogen-bond acceptors (Lipinski definition) is 3. The third-order valence-corrected chi connectivity index (χ3v) is 3.24. The van der Waals surface area contributed by atoms with E-state index in [0.717, 1.165) is 12.8 Å². The molecule has 0 fully saturated rings. The van der Waals surface area contributed by atoms with Crippen molar-refractivity contribution >= 4 is 5.97 Å². The van der Waals surface area contributed by atoms with Gasteiger partial charge in [-0.2, -0.15) is 0 Å². The fourth-order valence-electron chi connectivity index (χ4n) is 2.17. The summed E-state index contributed by atoms with van der Waals surface area (Å²) in [5.74, 6) is -0.361. The zero-order valence-corrected chi connectivity index (χ0v) is 12.9. The molecule has 1 N–H and O–H groups in total. The van der Waals surface area contributed by atoms with Crippen LogP contribution in [0.25, 0.3) is 0 Å². The molecule has 0 saturated carbocycles. The maximum atomic E-state index is 11.1. The van der Waals surface area contributed by atoms with Crippen LogP contribution in [0.3, 0.4) is 0 Å². The Bertz CT molecular complexity index is 241. The molecule has 0 aromatic rings. The lowest BCUT2D eigenvalue weighted by Gasteiger charge is -2.23. The summed E-state index contributed by atoms with van der Waals surface area (Å²) >= 11 is 0. The van der Waals surface area contributed by atoms with Gasteiger partial charge < -0.3 is 4.74 Å². The molecule has 0 aliphatic rings. The molecule has 0 bridgehead atoms. The van der Waals surface area contributed by atoms with Crippen LogP contribution < -0.4 is 5.32 Å². The van der Waals surface area contributed by atoms with Crippen LogP contribution in [-0.2, 0) is 9.53 Å². The highest BCUT2D eigenvalue weighted by atomic mass is 16.6.